The molecule has 3 heteroatoms. The molecule has 2 unspecified atom stereocenters. The van der Waals surface area contributed by atoms with Crippen LogP contribution in [0.25, 0.3) is 0 Å². The van der Waals surface area contributed by atoms with Crippen molar-refractivity contribution in [2.45, 2.75) is 38.8 Å². The summed E-state index contributed by atoms with van der Waals surface area (Å²) in [5, 5.41) is 16.1. The highest BCUT2D eigenvalue weighted by Gasteiger charge is 2.21. The van der Waals surface area contributed by atoms with Crippen molar-refractivity contribution in [3.05, 3.63) is 29.3 Å². The number of hydrogen-bond donors (Lipinski definition) is 2. The van der Waals surface area contributed by atoms with Crippen LogP contribution in [0.15, 0.2) is 18.2 Å². The van der Waals surface area contributed by atoms with E-state index in [0.29, 0.717) is 12.1 Å². The fraction of sp³-hybridized carbons (Fsp3) is 0.500. The Bertz CT molecular complexity index is 434. The molecular formula is C14H19N3. The van der Waals surface area contributed by atoms with Gasteiger partial charge >= 0.3 is 0 Å². The number of piperidine rings is 1. The van der Waals surface area contributed by atoms with Gasteiger partial charge in [0.2, 0.25) is 0 Å². The van der Waals surface area contributed by atoms with Gasteiger partial charge in [-0.05, 0) is 50.9 Å². The molecule has 2 N–H and O–H groups in total. The van der Waals surface area contributed by atoms with Crippen LogP contribution >= 0.6 is 0 Å². The molecule has 0 bridgehead atoms. The summed E-state index contributed by atoms with van der Waals surface area (Å²) >= 11 is 0. The molecule has 1 aromatic rings. The van der Waals surface area contributed by atoms with Crippen LogP contribution in [0.1, 0.15) is 30.9 Å². The van der Waals surface area contributed by atoms with E-state index >= 15 is 0 Å². The molecule has 3 nitrogen and oxygen atoms in total. The quantitative estimate of drug-likeness (QED) is 0.818. The Morgan fingerprint density at radius 3 is 3.00 bits per heavy atom. The normalized spacial score (nSPS) is 24.1. The number of anilines is 1. The molecule has 0 saturated carbocycles. The SMILES string of the molecule is Cc1ccc(C#N)c(NC2CCCNC2C)c1. The van der Waals surface area contributed by atoms with E-state index in [1.807, 2.05) is 12.1 Å². The predicted octanol–water partition coefficient (Wildman–Crippen LogP) is 2.42. The van der Waals surface area contributed by atoms with E-state index in [2.05, 4.69) is 36.6 Å². The average molecular weight is 229 g/mol. The van der Waals surface area contributed by atoms with Crippen molar-refractivity contribution in [3.8, 4) is 6.07 Å². The third kappa shape index (κ3) is 2.78. The van der Waals surface area contributed by atoms with Crippen molar-refractivity contribution in [2.75, 3.05) is 11.9 Å². The Morgan fingerprint density at radius 2 is 2.29 bits per heavy atom. The van der Waals surface area contributed by atoms with Crippen molar-refractivity contribution >= 4 is 5.69 Å². The summed E-state index contributed by atoms with van der Waals surface area (Å²) < 4.78 is 0. The van der Waals surface area contributed by atoms with Crippen LogP contribution in [0, 0.1) is 18.3 Å². The fourth-order valence-electron chi connectivity index (χ4n) is 2.32. The maximum atomic E-state index is 9.10. The second-order valence-electron chi connectivity index (χ2n) is 4.80. The second kappa shape index (κ2) is 5.20. The van der Waals surface area contributed by atoms with Gasteiger partial charge in [0.1, 0.15) is 6.07 Å². The van der Waals surface area contributed by atoms with E-state index < -0.39 is 0 Å². The largest absolute Gasteiger partial charge is 0.380 e. The Morgan fingerprint density at radius 1 is 1.47 bits per heavy atom. The zero-order valence-electron chi connectivity index (χ0n) is 10.5. The number of benzene rings is 1. The average Bonchev–Trinajstić information content (AvgIpc) is 2.32. The summed E-state index contributed by atoms with van der Waals surface area (Å²) in [4.78, 5) is 0. The Hall–Kier alpha value is -1.53. The maximum absolute atomic E-state index is 9.10. The molecule has 0 aromatic heterocycles. The van der Waals surface area contributed by atoms with Gasteiger partial charge in [-0.25, -0.2) is 0 Å². The molecule has 1 aliphatic heterocycles. The first kappa shape index (κ1) is 11.9. The molecular weight excluding hydrogens is 210 g/mol. The summed E-state index contributed by atoms with van der Waals surface area (Å²) in [7, 11) is 0. The standard InChI is InChI=1S/C14H19N3/c1-10-5-6-12(9-15)14(8-10)17-13-4-3-7-16-11(13)2/h5-6,8,11,13,16-17H,3-4,7H2,1-2H3. The molecule has 0 aliphatic carbocycles. The minimum Gasteiger partial charge on any atom is -0.380 e. The predicted molar refractivity (Wildman–Crippen MR) is 70.0 cm³/mol. The molecule has 2 atom stereocenters. The monoisotopic (exact) mass is 229 g/mol. The molecule has 1 saturated heterocycles. The summed E-state index contributed by atoms with van der Waals surface area (Å²) in [6.45, 7) is 5.34. The van der Waals surface area contributed by atoms with Gasteiger partial charge in [0.05, 0.1) is 11.3 Å². The minimum atomic E-state index is 0.414. The molecule has 1 heterocycles. The molecule has 0 spiro atoms. The van der Waals surface area contributed by atoms with E-state index in [1.165, 1.54) is 12.0 Å². The summed E-state index contributed by atoms with van der Waals surface area (Å²) in [6, 6.07) is 9.03. The fourth-order valence-corrected chi connectivity index (χ4v) is 2.32. The highest BCUT2D eigenvalue weighted by molar-refractivity contribution is 5.59. The first-order valence-corrected chi connectivity index (χ1v) is 6.21. The Labute approximate surface area is 103 Å². The van der Waals surface area contributed by atoms with Crippen molar-refractivity contribution in [1.29, 1.82) is 5.26 Å². The summed E-state index contributed by atoms with van der Waals surface area (Å²) in [5.41, 5.74) is 2.88. The van der Waals surface area contributed by atoms with Crippen LogP contribution in [0.4, 0.5) is 5.69 Å². The lowest BCUT2D eigenvalue weighted by Gasteiger charge is -2.31. The first-order valence-electron chi connectivity index (χ1n) is 6.21. The van der Waals surface area contributed by atoms with Gasteiger partial charge in [0.25, 0.3) is 0 Å². The number of rotatable bonds is 2. The lowest BCUT2D eigenvalue weighted by molar-refractivity contribution is 0.389. The number of nitriles is 1. The third-order valence-corrected chi connectivity index (χ3v) is 3.40. The van der Waals surface area contributed by atoms with E-state index in [9.17, 15) is 0 Å². The number of hydrogen-bond acceptors (Lipinski definition) is 3. The highest BCUT2D eigenvalue weighted by atomic mass is 15.0. The van der Waals surface area contributed by atoms with Crippen molar-refractivity contribution in [3.63, 3.8) is 0 Å². The van der Waals surface area contributed by atoms with Crippen LogP contribution in [-0.4, -0.2) is 18.6 Å². The topological polar surface area (TPSA) is 47.9 Å². The van der Waals surface area contributed by atoms with E-state index in [0.717, 1.165) is 24.2 Å². The van der Waals surface area contributed by atoms with Gasteiger partial charge in [0.15, 0.2) is 0 Å². The number of aryl methyl sites for hydroxylation is 1. The van der Waals surface area contributed by atoms with E-state index in [1.54, 1.807) is 0 Å². The smallest absolute Gasteiger partial charge is 0.101 e. The van der Waals surface area contributed by atoms with Crippen LogP contribution in [0.2, 0.25) is 0 Å². The first-order chi connectivity index (χ1) is 8.20. The summed E-state index contributed by atoms with van der Waals surface area (Å²) in [5.74, 6) is 0. The molecule has 17 heavy (non-hydrogen) atoms. The van der Waals surface area contributed by atoms with Gasteiger partial charge in [-0.2, -0.15) is 5.26 Å². The molecule has 1 fully saturated rings. The maximum Gasteiger partial charge on any atom is 0.101 e. The number of nitrogens with zero attached hydrogens (tertiary/aromatic N) is 1. The zero-order valence-corrected chi connectivity index (χ0v) is 10.5. The van der Waals surface area contributed by atoms with Gasteiger partial charge in [-0.15, -0.1) is 0 Å². The minimum absolute atomic E-state index is 0.414. The van der Waals surface area contributed by atoms with E-state index in [4.69, 9.17) is 5.26 Å². The Balaban J connectivity index is 2.17. The molecule has 1 aliphatic rings. The van der Waals surface area contributed by atoms with Gasteiger partial charge in [-0.3, -0.25) is 0 Å². The lowest BCUT2D eigenvalue weighted by atomic mass is 9.99. The van der Waals surface area contributed by atoms with E-state index in [-0.39, 0.29) is 0 Å². The third-order valence-electron chi connectivity index (χ3n) is 3.40. The van der Waals surface area contributed by atoms with Crippen molar-refractivity contribution < 1.29 is 0 Å². The Kier molecular flexibility index (Phi) is 3.65. The molecule has 2 rings (SSSR count). The molecule has 0 radical (unpaired) electrons. The number of nitrogens with one attached hydrogen (secondary N) is 2. The van der Waals surface area contributed by atoms with Crippen LogP contribution in [0.3, 0.4) is 0 Å². The molecule has 0 amide bonds. The van der Waals surface area contributed by atoms with Gasteiger partial charge in [-0.1, -0.05) is 6.07 Å². The summed E-state index contributed by atoms with van der Waals surface area (Å²) in [6.07, 6.45) is 2.35. The molecule has 1 aromatic carbocycles. The second-order valence-corrected chi connectivity index (χ2v) is 4.80. The molecule has 90 valence electrons. The van der Waals surface area contributed by atoms with Crippen LogP contribution in [0.5, 0.6) is 0 Å². The zero-order chi connectivity index (χ0) is 12.3. The van der Waals surface area contributed by atoms with Gasteiger partial charge in [0, 0.05) is 12.1 Å². The van der Waals surface area contributed by atoms with Gasteiger partial charge < -0.3 is 10.6 Å². The van der Waals surface area contributed by atoms with Crippen molar-refractivity contribution in [1.82, 2.24) is 5.32 Å². The lowest BCUT2D eigenvalue weighted by Crippen LogP contribution is -2.46. The van der Waals surface area contributed by atoms with Crippen LogP contribution in [-0.2, 0) is 0 Å². The van der Waals surface area contributed by atoms with Crippen molar-refractivity contribution in [2.24, 2.45) is 0 Å². The van der Waals surface area contributed by atoms with Crippen LogP contribution < -0.4 is 10.6 Å². The highest BCUT2D eigenvalue weighted by Crippen LogP contribution is 2.21.